The molecule has 4 aromatic heterocycles. The highest BCUT2D eigenvalue weighted by atomic mass is 32.1. The monoisotopic (exact) mass is 1830 g/mol. The Balaban J connectivity index is 0.000000139. The molecule has 0 aliphatic carbocycles. The molecule has 25 aromatic carbocycles. The van der Waals surface area contributed by atoms with Gasteiger partial charge < -0.3 is 32.9 Å². The molecule has 7 nitrogen and oxygen atoms in total. The van der Waals surface area contributed by atoms with Crippen molar-refractivity contribution in [3.63, 3.8) is 0 Å². The van der Waals surface area contributed by atoms with Gasteiger partial charge in [-0.25, -0.2) is 0 Å². The lowest BCUT2D eigenvalue weighted by Gasteiger charge is -2.29. The van der Waals surface area contributed by atoms with Crippen molar-refractivity contribution >= 4 is 252 Å². The molecule has 664 valence electrons. The summed E-state index contributed by atoms with van der Waals surface area (Å²) in [6, 6.07) is 184. The topological polar surface area (TPSA) is 52.4 Å². The first kappa shape index (κ1) is 81.7. The number of para-hydroxylation sites is 9. The maximum atomic E-state index is 6.77. The number of hydrogen-bond acceptors (Lipinski definition) is 8. The van der Waals surface area contributed by atoms with Gasteiger partial charge in [0.25, 0.3) is 0 Å². The van der Waals surface area contributed by atoms with E-state index in [0.29, 0.717) is 0 Å². The first-order chi connectivity index (χ1) is 70.4. The minimum absolute atomic E-state index is 0.855. The highest BCUT2D eigenvalue weighted by Crippen LogP contribution is 2.54. The molecule has 0 aliphatic rings. The van der Waals surface area contributed by atoms with Crippen molar-refractivity contribution in [1.82, 2.24) is 0 Å². The van der Waals surface area contributed by atoms with E-state index in [2.05, 4.69) is 505 Å². The second-order valence-corrected chi connectivity index (χ2v) is 37.8. The summed E-state index contributed by atoms with van der Waals surface area (Å²) in [7, 11) is 0. The second kappa shape index (κ2) is 33.7. The van der Waals surface area contributed by atoms with Crippen molar-refractivity contribution in [3.8, 4) is 33.4 Å². The molecule has 0 fully saturated rings. The van der Waals surface area contributed by atoms with E-state index < -0.39 is 0 Å². The van der Waals surface area contributed by atoms with Gasteiger partial charge in [-0.05, 0) is 255 Å². The molecule has 0 atom stereocenters. The first-order valence-corrected chi connectivity index (χ1v) is 49.2. The van der Waals surface area contributed by atoms with Crippen LogP contribution in [0.2, 0.25) is 0 Å². The van der Waals surface area contributed by atoms with Crippen LogP contribution in [0, 0.1) is 0 Å². The van der Waals surface area contributed by atoms with Gasteiger partial charge in [-0.3, -0.25) is 0 Å². The average Bonchev–Trinajstić information content (AvgIpc) is 0.955. The summed E-state index contributed by atoms with van der Waals surface area (Å²) < 4.78 is 22.4. The van der Waals surface area contributed by atoms with Crippen molar-refractivity contribution in [1.29, 1.82) is 0 Å². The van der Waals surface area contributed by atoms with Crippen molar-refractivity contribution < 1.29 is 13.3 Å². The van der Waals surface area contributed by atoms with Gasteiger partial charge in [-0.2, -0.15) is 0 Å². The SMILES string of the molecule is c1ccc(-c2ccccc2N(c2ccc3c(ccc4c5ccc(N(c6ccccc6)c6ccc7oc8ccccc8c7c6)cc5c5ccccc5c34)c2)c2cccc3c2oc2ccccc23)cc1.c1ccc(-c2ccccc2N(c2ccc3sc4ccccc4c3c2)c2ccc3c(c2)c2ccccc2c2c4ccc(N(c5ccccc5-c5ccccc5)c5cccc6c5oc5ccccc56)cc4ccc32)cc1. The molecular weight excluding hydrogens is 1750 g/mol. The minimum Gasteiger partial charge on any atom is -0.456 e. The van der Waals surface area contributed by atoms with Crippen LogP contribution in [0.5, 0.6) is 0 Å². The van der Waals surface area contributed by atoms with Crippen LogP contribution in [0.15, 0.2) is 523 Å². The predicted molar refractivity (Wildman–Crippen MR) is 603 cm³/mol. The fourth-order valence-electron chi connectivity index (χ4n) is 22.5. The molecule has 142 heavy (non-hydrogen) atoms. The normalized spacial score (nSPS) is 11.8. The van der Waals surface area contributed by atoms with Crippen molar-refractivity contribution in [2.45, 2.75) is 0 Å². The Morgan fingerprint density at radius 2 is 0.451 bits per heavy atom. The van der Waals surface area contributed by atoms with Gasteiger partial charge in [0.15, 0.2) is 11.2 Å². The molecule has 0 saturated carbocycles. The molecule has 0 N–H and O–H groups in total. The molecular formula is C134H84N4O3S. The Kier molecular flexibility index (Phi) is 19.4. The predicted octanol–water partition coefficient (Wildman–Crippen LogP) is 39.5. The van der Waals surface area contributed by atoms with Crippen LogP contribution in [0.25, 0.3) is 206 Å². The molecule has 8 heteroatoms. The van der Waals surface area contributed by atoms with E-state index >= 15 is 0 Å². The lowest BCUT2D eigenvalue weighted by molar-refractivity contribution is 0.668. The number of nitrogens with zero attached hydrogens (tertiary/aromatic N) is 4. The van der Waals surface area contributed by atoms with E-state index in [-0.39, 0.29) is 0 Å². The van der Waals surface area contributed by atoms with Gasteiger partial charge in [-0.1, -0.05) is 358 Å². The summed E-state index contributed by atoms with van der Waals surface area (Å²) in [5.41, 5.74) is 25.0. The molecule has 0 bridgehead atoms. The molecule has 0 aliphatic heterocycles. The van der Waals surface area contributed by atoms with Gasteiger partial charge in [0.2, 0.25) is 0 Å². The summed E-state index contributed by atoms with van der Waals surface area (Å²) in [6.45, 7) is 0. The number of thiophene rings is 1. The number of anilines is 12. The van der Waals surface area contributed by atoms with E-state index in [1.54, 1.807) is 0 Å². The third kappa shape index (κ3) is 13.5. The van der Waals surface area contributed by atoms with E-state index in [4.69, 9.17) is 13.3 Å². The number of rotatable bonds is 15. The summed E-state index contributed by atoms with van der Waals surface area (Å²) in [6.07, 6.45) is 0. The van der Waals surface area contributed by atoms with Crippen LogP contribution in [0.3, 0.4) is 0 Å². The standard InChI is InChI=1S/C70H44N2OS.C64H40N2O2/c1-3-18-45(19-4-1)51-22-9-13-29-63(51)71(50-37-41-68-62(44-50)57-26-12-16-33-67(57)74-68)49-36-40-55-59-38-34-47-42-48(35-39-53(47)69(59)58-27-8-7-24-54(58)61(55)43-49)72(64-30-14-10-23-52(64)46-20-5-2-6-21-46)65-31-17-28-60-56-25-11-15-32-66(56)73-70(60)65;1-3-16-41(17-4-1)47-20-9-12-26-58(47)66(59-27-15-25-55-51-22-10-14-29-61(51)68-64(55)59)44-31-35-48-42(38-44)30-34-54-50-36-32-45(39-56(50)49-21-7-8-24-53(49)63(48)54)65(43-18-5-2-6-19-43)46-33-37-62-57(40-46)52-23-11-13-28-60(52)67-62/h1-44H;1-40H. The Bertz CT molecular complexity index is 10100. The maximum absolute atomic E-state index is 6.77. The lowest BCUT2D eigenvalue weighted by Crippen LogP contribution is -2.11. The summed E-state index contributed by atoms with van der Waals surface area (Å²) in [5.74, 6) is 0. The van der Waals surface area contributed by atoms with Gasteiger partial charge in [-0.15, -0.1) is 11.3 Å². The zero-order valence-electron chi connectivity index (χ0n) is 76.9. The molecule has 0 unspecified atom stereocenters. The van der Waals surface area contributed by atoms with E-state index in [9.17, 15) is 0 Å². The van der Waals surface area contributed by atoms with Crippen molar-refractivity contribution in [2.24, 2.45) is 0 Å². The Labute approximate surface area is 821 Å². The molecule has 0 radical (unpaired) electrons. The smallest absolute Gasteiger partial charge is 0.159 e. The van der Waals surface area contributed by atoms with Crippen LogP contribution < -0.4 is 19.6 Å². The fourth-order valence-corrected chi connectivity index (χ4v) is 23.5. The zero-order valence-corrected chi connectivity index (χ0v) is 77.7. The third-order valence-electron chi connectivity index (χ3n) is 28.8. The summed E-state index contributed by atoms with van der Waals surface area (Å²) in [4.78, 5) is 9.58. The van der Waals surface area contributed by atoms with E-state index in [0.717, 1.165) is 167 Å². The van der Waals surface area contributed by atoms with Crippen LogP contribution in [0.1, 0.15) is 0 Å². The molecule has 0 saturated heterocycles. The maximum Gasteiger partial charge on any atom is 0.159 e. The van der Waals surface area contributed by atoms with Gasteiger partial charge in [0, 0.05) is 109 Å². The molecule has 4 heterocycles. The van der Waals surface area contributed by atoms with Crippen molar-refractivity contribution in [3.05, 3.63) is 510 Å². The van der Waals surface area contributed by atoms with E-state index in [1.165, 1.54) is 107 Å². The molecule has 0 amide bonds. The van der Waals surface area contributed by atoms with Crippen LogP contribution in [-0.4, -0.2) is 0 Å². The highest BCUT2D eigenvalue weighted by Gasteiger charge is 2.29. The van der Waals surface area contributed by atoms with E-state index in [1.807, 2.05) is 35.6 Å². The van der Waals surface area contributed by atoms with Gasteiger partial charge in [0.1, 0.15) is 22.3 Å². The zero-order chi connectivity index (χ0) is 93.4. The number of hydrogen-bond donors (Lipinski definition) is 0. The average molecular weight is 1830 g/mol. The van der Waals surface area contributed by atoms with Crippen molar-refractivity contribution in [2.75, 3.05) is 19.6 Å². The molecule has 0 spiro atoms. The Morgan fingerprint density at radius 1 is 0.148 bits per heavy atom. The number of furan rings is 3. The fraction of sp³-hybridized carbons (Fsp3) is 0. The van der Waals surface area contributed by atoms with Gasteiger partial charge in [0.05, 0.1) is 28.4 Å². The third-order valence-corrected chi connectivity index (χ3v) is 29.9. The Morgan fingerprint density at radius 3 is 0.937 bits per heavy atom. The second-order valence-electron chi connectivity index (χ2n) is 36.7. The first-order valence-electron chi connectivity index (χ1n) is 48.4. The lowest BCUT2D eigenvalue weighted by atomic mass is 9.90. The number of fused-ring (bicyclic) bond motifs is 28. The molecule has 29 rings (SSSR count). The van der Waals surface area contributed by atoms with Crippen LogP contribution in [0.4, 0.5) is 68.2 Å². The van der Waals surface area contributed by atoms with Crippen LogP contribution in [-0.2, 0) is 0 Å². The minimum atomic E-state index is 0.855. The molecule has 29 aromatic rings. The largest absolute Gasteiger partial charge is 0.456 e. The quantitative estimate of drug-likeness (QED) is 0.0948. The Hall–Kier alpha value is -18.6. The number of benzene rings is 25. The van der Waals surface area contributed by atoms with Crippen LogP contribution >= 0.6 is 11.3 Å². The summed E-state index contributed by atoms with van der Waals surface area (Å²) in [5, 5.41) is 28.6. The van der Waals surface area contributed by atoms with Gasteiger partial charge >= 0.3 is 0 Å². The summed E-state index contributed by atoms with van der Waals surface area (Å²) >= 11 is 1.85. The highest BCUT2D eigenvalue weighted by molar-refractivity contribution is 7.25.